The number of thiophene rings is 3. The van der Waals surface area contributed by atoms with Crippen LogP contribution in [0, 0.1) is 0 Å². The van der Waals surface area contributed by atoms with E-state index in [1.54, 1.807) is 0 Å². The molecule has 0 saturated heterocycles. The predicted molar refractivity (Wildman–Crippen MR) is 593 cm³/mol. The quantitative estimate of drug-likeness (QED) is 0.140. The summed E-state index contributed by atoms with van der Waals surface area (Å²) in [6.07, 6.45) is 0. The minimum Gasteiger partial charge on any atom is -0.278 e. The lowest BCUT2D eigenvalue weighted by Crippen LogP contribution is -2.06. The van der Waals surface area contributed by atoms with E-state index < -0.39 is 0 Å². The fourth-order valence-corrected chi connectivity index (χ4v) is 26.0. The van der Waals surface area contributed by atoms with Crippen LogP contribution in [-0.4, -0.2) is 48.6 Å². The third kappa shape index (κ3) is 12.3. The molecule has 0 bridgehead atoms. The maximum absolute atomic E-state index is 5.39. The van der Waals surface area contributed by atoms with Crippen LogP contribution in [0.25, 0.3) is 287 Å². The van der Waals surface area contributed by atoms with Gasteiger partial charge in [-0.1, -0.05) is 382 Å². The molecule has 0 atom stereocenters. The molecule has 13 heteroatoms. The Labute approximate surface area is 811 Å². The maximum Gasteiger partial charge on any atom is 0.238 e. The minimum absolute atomic E-state index is 0.605. The first-order chi connectivity index (χ1) is 69.5. The smallest absolute Gasteiger partial charge is 0.238 e. The minimum atomic E-state index is 0.605. The number of hydrogen-bond acceptors (Lipinski definition) is 10. The maximum atomic E-state index is 5.39. The zero-order chi connectivity index (χ0) is 91.7. The molecule has 0 unspecified atom stereocenters. The van der Waals surface area contributed by atoms with Crippen LogP contribution >= 0.6 is 34.0 Å². The van der Waals surface area contributed by atoms with E-state index in [0.717, 1.165) is 88.5 Å². The third-order valence-corrected chi connectivity index (χ3v) is 31.8. The fourth-order valence-electron chi connectivity index (χ4n) is 22.2. The Bertz CT molecular complexity index is 10600. The van der Waals surface area contributed by atoms with E-state index in [1.165, 1.54) is 169 Å². The van der Waals surface area contributed by atoms with E-state index in [0.29, 0.717) is 29.5 Å². The van der Waals surface area contributed by atoms with Crippen molar-refractivity contribution in [3.63, 3.8) is 0 Å². The van der Waals surface area contributed by atoms with Crippen molar-refractivity contribution in [3.05, 3.63) is 449 Å². The summed E-state index contributed by atoms with van der Waals surface area (Å²) >= 11 is 5.67. The first-order valence-corrected chi connectivity index (χ1v) is 49.6. The second kappa shape index (κ2) is 31.9. The fraction of sp³-hybridized carbons (Fsp3) is 0. The molecule has 22 aromatic carbocycles. The van der Waals surface area contributed by atoms with Gasteiger partial charge in [-0.05, 0) is 126 Å². The summed E-state index contributed by atoms with van der Waals surface area (Å²) in [4.78, 5) is 36.3. The van der Waals surface area contributed by atoms with Crippen LogP contribution in [0.4, 0.5) is 0 Å². The van der Waals surface area contributed by atoms with Crippen LogP contribution in [0.2, 0.25) is 0 Å². The second-order valence-electron chi connectivity index (χ2n) is 35.9. The number of hydrogen-bond donors (Lipinski definition) is 0. The first kappa shape index (κ1) is 79.5. The van der Waals surface area contributed by atoms with Gasteiger partial charge in [-0.25, -0.2) is 24.9 Å². The molecule has 10 nitrogen and oxygen atoms in total. The molecule has 0 aliphatic carbocycles. The van der Waals surface area contributed by atoms with Gasteiger partial charge in [-0.2, -0.15) is 9.97 Å². The zero-order valence-corrected chi connectivity index (χ0v) is 77.4. The summed E-state index contributed by atoms with van der Waals surface area (Å²) in [5, 5.41) is 32.8. The lowest BCUT2D eigenvalue weighted by Gasteiger charge is -2.12. The SMILES string of the molecule is c1ccc(-c2ccc(-c3nc(-n4c5ccccc5c5c6c(ccc54)sc4c5ccccc5c5ccccc5c46)nc4ccccc34)cc2)cc1.c1ccc(-c2nc(-c3ccccc3)nc(-n3c4ccccc4c4c5c(ccc43)sc3c4ccccc4c4ccccc4c35)n2)cc1.c1ccc(-c2nc(-n3c4ccccc4c4c5c(ccc43)sc3c4ccccc4c4ccccc4c35)nc3ccccc23)cc1. The highest BCUT2D eigenvalue weighted by atomic mass is 32.1. The summed E-state index contributed by atoms with van der Waals surface area (Å²) in [5.74, 6) is 3.26. The first-order valence-electron chi connectivity index (χ1n) is 47.2. The van der Waals surface area contributed by atoms with E-state index in [-0.39, 0.29) is 0 Å². The lowest BCUT2D eigenvalue weighted by molar-refractivity contribution is 0.953. The van der Waals surface area contributed by atoms with E-state index in [2.05, 4.69) is 420 Å². The molecular formula is C127H74N10S3. The van der Waals surface area contributed by atoms with Gasteiger partial charge in [0.25, 0.3) is 0 Å². The van der Waals surface area contributed by atoms with Crippen LogP contribution < -0.4 is 0 Å². The molecule has 140 heavy (non-hydrogen) atoms. The molecule has 0 fully saturated rings. The van der Waals surface area contributed by atoms with Gasteiger partial charge in [0.1, 0.15) is 0 Å². The summed E-state index contributed by atoms with van der Waals surface area (Å²) < 4.78 is 14.6. The van der Waals surface area contributed by atoms with Gasteiger partial charge in [0.05, 0.1) is 55.5 Å². The van der Waals surface area contributed by atoms with Gasteiger partial charge in [0, 0.05) is 142 Å². The summed E-state index contributed by atoms with van der Waals surface area (Å²) in [6, 6.07) is 159. The number of fused-ring (bicyclic) bond motifs is 38. The molecule has 9 aromatic heterocycles. The number of para-hydroxylation sites is 5. The molecule has 0 saturated carbocycles. The Morgan fingerprint density at radius 2 is 0.386 bits per heavy atom. The van der Waals surface area contributed by atoms with Crippen LogP contribution in [0.5, 0.6) is 0 Å². The van der Waals surface area contributed by atoms with Crippen LogP contribution in [0.3, 0.4) is 0 Å². The van der Waals surface area contributed by atoms with Crippen molar-refractivity contribution in [2.45, 2.75) is 0 Å². The molecule has 0 radical (unpaired) electrons. The highest BCUT2D eigenvalue weighted by Gasteiger charge is 2.29. The van der Waals surface area contributed by atoms with Gasteiger partial charge < -0.3 is 0 Å². The Morgan fingerprint density at radius 3 is 0.729 bits per heavy atom. The van der Waals surface area contributed by atoms with Gasteiger partial charge in [-0.3, -0.25) is 13.7 Å². The molecule has 31 aromatic rings. The van der Waals surface area contributed by atoms with Crippen molar-refractivity contribution in [1.29, 1.82) is 0 Å². The molecule has 0 aliphatic rings. The van der Waals surface area contributed by atoms with Gasteiger partial charge in [-0.15, -0.1) is 34.0 Å². The number of rotatable bonds is 8. The third-order valence-electron chi connectivity index (χ3n) is 28.2. The number of nitrogens with zero attached hydrogens (tertiary/aromatic N) is 10. The average Bonchev–Trinajstić information content (AvgIpc) is 1.55. The molecule has 0 N–H and O–H groups in total. The largest absolute Gasteiger partial charge is 0.278 e. The standard InChI is InChI=1S/C46H27N3S.C41H24N4S.C40H23N3S/c1-2-12-28(13-3-1)29-22-24-30(25-23-29)44-35-18-8-10-20-37(35)47-46(48-44)49-38-21-11-9-19-36(38)41-39(49)26-27-40-43(41)42-33-16-6-4-14-31(33)32-15-5-7-17-34(32)45(42)50-40;1-3-13-25(14-4-1)39-42-40(26-15-5-2-6-16-26)44-41(43-39)45-32-22-12-11-21-31(32)35-33(45)23-24-34-37(35)36-29-19-9-7-17-27(29)28-18-8-10-20-30(28)38(36)46-34;1-2-12-24(13-3-1)38-29-18-8-10-20-31(29)41-40(42-38)43-32-21-11-9-19-30(32)35-33(43)22-23-34-37(35)36-27-16-6-4-14-25(27)26-15-5-7-17-28(26)39(36)44-34/h1-27H;1-24H;1-23H. The summed E-state index contributed by atoms with van der Waals surface area (Å²) in [5.41, 5.74) is 16.7. The Balaban J connectivity index is 0.000000101. The van der Waals surface area contributed by atoms with Crippen molar-refractivity contribution in [3.8, 4) is 74.3 Å². The van der Waals surface area contributed by atoms with Crippen LogP contribution in [0.1, 0.15) is 0 Å². The number of benzene rings is 22. The van der Waals surface area contributed by atoms with Crippen molar-refractivity contribution in [2.24, 2.45) is 0 Å². The van der Waals surface area contributed by atoms with E-state index in [4.69, 9.17) is 34.9 Å². The van der Waals surface area contributed by atoms with E-state index in [1.807, 2.05) is 76.5 Å². The van der Waals surface area contributed by atoms with Crippen LogP contribution in [-0.2, 0) is 0 Å². The molecule has 31 rings (SSSR count). The van der Waals surface area contributed by atoms with Gasteiger partial charge in [0.15, 0.2) is 11.6 Å². The zero-order valence-electron chi connectivity index (χ0n) is 74.9. The lowest BCUT2D eigenvalue weighted by atomic mass is 9.96. The Morgan fingerprint density at radius 1 is 0.143 bits per heavy atom. The summed E-state index contributed by atoms with van der Waals surface area (Å²) in [6.45, 7) is 0. The molecule has 650 valence electrons. The highest BCUT2D eigenvalue weighted by molar-refractivity contribution is 7.28. The number of aromatic nitrogens is 10. The average molecular weight is 1840 g/mol. The molecule has 0 aliphatic heterocycles. The van der Waals surface area contributed by atoms with Crippen molar-refractivity contribution >= 4 is 246 Å². The van der Waals surface area contributed by atoms with E-state index >= 15 is 0 Å². The van der Waals surface area contributed by atoms with Crippen molar-refractivity contribution in [1.82, 2.24) is 48.6 Å². The molecule has 9 heterocycles. The van der Waals surface area contributed by atoms with Crippen molar-refractivity contribution < 1.29 is 0 Å². The Kier molecular flexibility index (Phi) is 18.1. The molecular weight excluding hydrogens is 1760 g/mol. The molecule has 0 amide bonds. The van der Waals surface area contributed by atoms with Crippen molar-refractivity contribution in [2.75, 3.05) is 0 Å². The topological polar surface area (TPSA) is 105 Å². The van der Waals surface area contributed by atoms with Gasteiger partial charge >= 0.3 is 0 Å². The normalized spacial score (nSPS) is 12.0. The van der Waals surface area contributed by atoms with Gasteiger partial charge in [0.2, 0.25) is 17.8 Å². The predicted octanol–water partition coefficient (Wildman–Crippen LogP) is 34.8. The Hall–Kier alpha value is -17.9. The molecule has 0 spiro atoms. The highest BCUT2D eigenvalue weighted by Crippen LogP contribution is 2.54. The second-order valence-corrected chi connectivity index (χ2v) is 39.0. The monoisotopic (exact) mass is 1830 g/mol. The van der Waals surface area contributed by atoms with Crippen LogP contribution in [0.15, 0.2) is 449 Å². The summed E-state index contributed by atoms with van der Waals surface area (Å²) in [7, 11) is 0. The van der Waals surface area contributed by atoms with E-state index in [9.17, 15) is 0 Å².